The summed E-state index contributed by atoms with van der Waals surface area (Å²) in [5, 5.41) is 0. The maximum atomic E-state index is 13.9. The summed E-state index contributed by atoms with van der Waals surface area (Å²) in [6, 6.07) is 11.6. The van der Waals surface area contributed by atoms with E-state index < -0.39 is 5.82 Å². The van der Waals surface area contributed by atoms with E-state index in [2.05, 4.69) is 13.8 Å². The fraction of sp³-hybridized carbons (Fsp3) is 0.278. The van der Waals surface area contributed by atoms with Crippen molar-refractivity contribution in [1.29, 1.82) is 0 Å². The van der Waals surface area contributed by atoms with Crippen LogP contribution < -0.4 is 4.74 Å². The minimum atomic E-state index is -0.564. The Balaban J connectivity index is 2.28. The van der Waals surface area contributed by atoms with E-state index in [0.29, 0.717) is 17.2 Å². The lowest BCUT2D eigenvalue weighted by atomic mass is 9.95. The molecule has 0 fully saturated rings. The van der Waals surface area contributed by atoms with Crippen LogP contribution in [0.2, 0.25) is 0 Å². The van der Waals surface area contributed by atoms with Crippen LogP contribution in [-0.2, 0) is 0 Å². The van der Waals surface area contributed by atoms with Gasteiger partial charge in [0.25, 0.3) is 0 Å². The molecule has 1 atom stereocenters. The SMILES string of the molecule is CCC(C)c1ccc(C(=O)c2ccc(OC)cc2F)cc1. The zero-order valence-electron chi connectivity index (χ0n) is 12.5. The van der Waals surface area contributed by atoms with E-state index in [9.17, 15) is 9.18 Å². The Morgan fingerprint density at radius 3 is 2.38 bits per heavy atom. The number of hydrogen-bond acceptors (Lipinski definition) is 2. The van der Waals surface area contributed by atoms with Gasteiger partial charge in [-0.15, -0.1) is 0 Å². The van der Waals surface area contributed by atoms with E-state index in [0.717, 1.165) is 6.42 Å². The van der Waals surface area contributed by atoms with Gasteiger partial charge in [-0.3, -0.25) is 4.79 Å². The Bertz CT molecular complexity index is 632. The lowest BCUT2D eigenvalue weighted by Gasteiger charge is -2.10. The zero-order valence-corrected chi connectivity index (χ0v) is 12.5. The van der Waals surface area contributed by atoms with Crippen molar-refractivity contribution < 1.29 is 13.9 Å². The van der Waals surface area contributed by atoms with Crippen LogP contribution in [0.1, 0.15) is 47.7 Å². The fourth-order valence-electron chi connectivity index (χ4n) is 2.16. The first-order valence-electron chi connectivity index (χ1n) is 7.05. The summed E-state index contributed by atoms with van der Waals surface area (Å²) in [5.74, 6) is -0.0285. The van der Waals surface area contributed by atoms with E-state index in [1.54, 1.807) is 18.2 Å². The molecule has 21 heavy (non-hydrogen) atoms. The molecule has 0 saturated carbocycles. The van der Waals surface area contributed by atoms with Gasteiger partial charge in [-0.1, -0.05) is 38.1 Å². The Morgan fingerprint density at radius 1 is 1.19 bits per heavy atom. The summed E-state index contributed by atoms with van der Waals surface area (Å²) < 4.78 is 18.9. The molecule has 2 aromatic carbocycles. The molecule has 0 spiro atoms. The molecular formula is C18H19FO2. The first-order chi connectivity index (χ1) is 10.1. The highest BCUT2D eigenvalue weighted by Crippen LogP contribution is 2.22. The Labute approximate surface area is 124 Å². The maximum absolute atomic E-state index is 13.9. The molecule has 0 aliphatic rings. The third kappa shape index (κ3) is 3.30. The van der Waals surface area contributed by atoms with Gasteiger partial charge < -0.3 is 4.74 Å². The number of rotatable bonds is 5. The number of methoxy groups -OCH3 is 1. The number of halogens is 1. The largest absolute Gasteiger partial charge is 0.497 e. The second-order valence-corrected chi connectivity index (χ2v) is 5.11. The predicted molar refractivity (Wildman–Crippen MR) is 81.5 cm³/mol. The third-order valence-corrected chi connectivity index (χ3v) is 3.78. The molecule has 2 rings (SSSR count). The molecule has 110 valence electrons. The van der Waals surface area contributed by atoms with Crippen molar-refractivity contribution in [2.24, 2.45) is 0 Å². The van der Waals surface area contributed by atoms with Crippen LogP contribution in [0, 0.1) is 5.82 Å². The van der Waals surface area contributed by atoms with Crippen LogP contribution in [0.15, 0.2) is 42.5 Å². The highest BCUT2D eigenvalue weighted by Gasteiger charge is 2.15. The van der Waals surface area contributed by atoms with E-state index in [1.807, 2.05) is 12.1 Å². The number of carbonyl (C=O) groups is 1. The van der Waals surface area contributed by atoms with Crippen molar-refractivity contribution in [2.75, 3.05) is 7.11 Å². The van der Waals surface area contributed by atoms with E-state index >= 15 is 0 Å². The van der Waals surface area contributed by atoms with Crippen molar-refractivity contribution in [3.8, 4) is 5.75 Å². The smallest absolute Gasteiger partial charge is 0.195 e. The molecule has 0 N–H and O–H groups in total. The van der Waals surface area contributed by atoms with Crippen LogP contribution in [0.3, 0.4) is 0 Å². The normalized spacial score (nSPS) is 12.0. The number of hydrogen-bond donors (Lipinski definition) is 0. The van der Waals surface area contributed by atoms with Gasteiger partial charge in [-0.2, -0.15) is 0 Å². The van der Waals surface area contributed by atoms with Crippen LogP contribution in [0.25, 0.3) is 0 Å². The first-order valence-corrected chi connectivity index (χ1v) is 7.05. The summed E-state index contributed by atoms with van der Waals surface area (Å²) in [5.41, 5.74) is 1.74. The Kier molecular flexibility index (Phi) is 4.73. The van der Waals surface area contributed by atoms with Gasteiger partial charge in [-0.05, 0) is 30.0 Å². The molecule has 2 nitrogen and oxygen atoms in total. The number of benzene rings is 2. The Morgan fingerprint density at radius 2 is 1.86 bits per heavy atom. The van der Waals surface area contributed by atoms with Crippen molar-refractivity contribution >= 4 is 5.78 Å². The minimum Gasteiger partial charge on any atom is -0.497 e. The van der Waals surface area contributed by atoms with Gasteiger partial charge in [-0.25, -0.2) is 4.39 Å². The average Bonchev–Trinajstić information content (AvgIpc) is 2.53. The molecule has 0 amide bonds. The van der Waals surface area contributed by atoms with Crippen LogP contribution in [-0.4, -0.2) is 12.9 Å². The van der Waals surface area contributed by atoms with Crippen molar-refractivity contribution in [1.82, 2.24) is 0 Å². The fourth-order valence-corrected chi connectivity index (χ4v) is 2.16. The summed E-state index contributed by atoms with van der Waals surface area (Å²) in [6.45, 7) is 4.26. The highest BCUT2D eigenvalue weighted by atomic mass is 19.1. The van der Waals surface area contributed by atoms with Crippen LogP contribution in [0.5, 0.6) is 5.75 Å². The van der Waals surface area contributed by atoms with E-state index in [1.165, 1.54) is 24.8 Å². The molecule has 1 unspecified atom stereocenters. The van der Waals surface area contributed by atoms with Gasteiger partial charge in [0.2, 0.25) is 0 Å². The number of ether oxygens (including phenoxy) is 1. The molecule has 0 aromatic heterocycles. The third-order valence-electron chi connectivity index (χ3n) is 3.78. The lowest BCUT2D eigenvalue weighted by Crippen LogP contribution is -2.05. The standard InChI is InChI=1S/C18H19FO2/c1-4-12(2)13-5-7-14(8-6-13)18(20)16-10-9-15(21-3)11-17(16)19/h5-12H,4H2,1-3H3. The van der Waals surface area contributed by atoms with Crippen LogP contribution >= 0.6 is 0 Å². The summed E-state index contributed by atoms with van der Waals surface area (Å²) in [7, 11) is 1.46. The molecule has 2 aromatic rings. The average molecular weight is 286 g/mol. The van der Waals surface area contributed by atoms with Crippen molar-refractivity contribution in [3.05, 3.63) is 65.0 Å². The molecule has 0 bridgehead atoms. The van der Waals surface area contributed by atoms with Gasteiger partial charge in [0, 0.05) is 11.6 Å². The molecule has 0 saturated heterocycles. The quantitative estimate of drug-likeness (QED) is 0.752. The number of ketones is 1. The van der Waals surface area contributed by atoms with Gasteiger partial charge in [0.15, 0.2) is 5.78 Å². The number of carbonyl (C=O) groups excluding carboxylic acids is 1. The molecule has 3 heteroatoms. The van der Waals surface area contributed by atoms with E-state index in [4.69, 9.17) is 4.74 Å². The lowest BCUT2D eigenvalue weighted by molar-refractivity contribution is 0.103. The summed E-state index contributed by atoms with van der Waals surface area (Å²) in [4.78, 5) is 12.3. The molecule has 0 radical (unpaired) electrons. The second kappa shape index (κ2) is 6.53. The van der Waals surface area contributed by atoms with Gasteiger partial charge in [0.05, 0.1) is 12.7 Å². The summed E-state index contributed by atoms with van der Waals surface area (Å²) >= 11 is 0. The van der Waals surface area contributed by atoms with Crippen molar-refractivity contribution in [3.63, 3.8) is 0 Å². The van der Waals surface area contributed by atoms with Gasteiger partial charge >= 0.3 is 0 Å². The second-order valence-electron chi connectivity index (χ2n) is 5.11. The van der Waals surface area contributed by atoms with Gasteiger partial charge in [0.1, 0.15) is 11.6 Å². The minimum absolute atomic E-state index is 0.0621. The molecule has 0 heterocycles. The monoisotopic (exact) mass is 286 g/mol. The molecular weight excluding hydrogens is 267 g/mol. The first kappa shape index (κ1) is 15.2. The molecule has 0 aliphatic carbocycles. The topological polar surface area (TPSA) is 26.3 Å². The zero-order chi connectivity index (χ0) is 15.4. The predicted octanol–water partition coefficient (Wildman–Crippen LogP) is 4.58. The van der Waals surface area contributed by atoms with E-state index in [-0.39, 0.29) is 11.3 Å². The summed E-state index contributed by atoms with van der Waals surface area (Å²) in [6.07, 6.45) is 1.04. The van der Waals surface area contributed by atoms with Crippen molar-refractivity contribution in [2.45, 2.75) is 26.2 Å². The molecule has 0 aliphatic heterocycles. The van der Waals surface area contributed by atoms with Crippen LogP contribution in [0.4, 0.5) is 4.39 Å². The maximum Gasteiger partial charge on any atom is 0.195 e. The Hall–Kier alpha value is -2.16. The highest BCUT2D eigenvalue weighted by molar-refractivity contribution is 6.09.